The SMILES string of the molecule is Cn1cc(COc2ccc(F)cc2)c2cccc(N)c21. The molecule has 3 rings (SSSR count). The van der Waals surface area contributed by atoms with Crippen molar-refractivity contribution in [1.29, 1.82) is 0 Å². The number of rotatable bonds is 3. The molecule has 0 radical (unpaired) electrons. The number of aryl methyl sites for hydroxylation is 1. The average Bonchev–Trinajstić information content (AvgIpc) is 2.76. The third-order valence-corrected chi connectivity index (χ3v) is 3.32. The van der Waals surface area contributed by atoms with E-state index in [1.165, 1.54) is 12.1 Å². The maximum absolute atomic E-state index is 12.8. The molecule has 0 unspecified atom stereocenters. The van der Waals surface area contributed by atoms with Gasteiger partial charge in [0.25, 0.3) is 0 Å². The molecule has 0 aliphatic rings. The van der Waals surface area contributed by atoms with Gasteiger partial charge in [-0.15, -0.1) is 0 Å². The second-order valence-electron chi connectivity index (χ2n) is 4.75. The van der Waals surface area contributed by atoms with Crippen LogP contribution in [0.4, 0.5) is 10.1 Å². The molecule has 3 nitrogen and oxygen atoms in total. The van der Waals surface area contributed by atoms with Crippen LogP contribution in [0.5, 0.6) is 5.75 Å². The number of aromatic nitrogens is 1. The number of hydrogen-bond acceptors (Lipinski definition) is 2. The van der Waals surface area contributed by atoms with Crippen molar-refractivity contribution in [1.82, 2.24) is 4.57 Å². The standard InChI is InChI=1S/C16H15FN2O/c1-19-9-11(14-3-2-4-15(18)16(14)19)10-20-13-7-5-12(17)6-8-13/h2-9H,10,18H2,1H3. The number of nitrogens with two attached hydrogens (primary N) is 1. The number of nitrogens with zero attached hydrogens (tertiary/aromatic N) is 1. The zero-order valence-corrected chi connectivity index (χ0v) is 11.1. The van der Waals surface area contributed by atoms with Crippen molar-refractivity contribution in [3.05, 3.63) is 60.0 Å². The molecule has 0 aliphatic carbocycles. The summed E-state index contributed by atoms with van der Waals surface area (Å²) in [6.07, 6.45) is 2.00. The molecule has 0 spiro atoms. The molecule has 1 heterocycles. The van der Waals surface area contributed by atoms with Crippen LogP contribution in [-0.4, -0.2) is 4.57 Å². The molecule has 0 bridgehead atoms. The van der Waals surface area contributed by atoms with E-state index in [9.17, 15) is 4.39 Å². The molecule has 2 N–H and O–H groups in total. The molecule has 0 fully saturated rings. The van der Waals surface area contributed by atoms with Crippen molar-refractivity contribution < 1.29 is 9.13 Å². The van der Waals surface area contributed by atoms with Gasteiger partial charge >= 0.3 is 0 Å². The summed E-state index contributed by atoms with van der Waals surface area (Å²) in [5.41, 5.74) is 8.80. The molecule has 3 aromatic rings. The minimum atomic E-state index is -0.268. The number of hydrogen-bond donors (Lipinski definition) is 1. The third-order valence-electron chi connectivity index (χ3n) is 3.32. The van der Waals surface area contributed by atoms with Gasteiger partial charge in [-0.05, 0) is 30.3 Å². The third kappa shape index (κ3) is 2.20. The molecule has 0 amide bonds. The van der Waals surface area contributed by atoms with Gasteiger partial charge in [0.1, 0.15) is 18.2 Å². The second-order valence-corrected chi connectivity index (χ2v) is 4.75. The van der Waals surface area contributed by atoms with Gasteiger partial charge in [0.05, 0.1) is 11.2 Å². The molecule has 102 valence electrons. The average molecular weight is 270 g/mol. The Balaban J connectivity index is 1.88. The summed E-state index contributed by atoms with van der Waals surface area (Å²) in [5.74, 6) is 0.377. The summed E-state index contributed by atoms with van der Waals surface area (Å²) in [6, 6.07) is 11.8. The van der Waals surface area contributed by atoms with Crippen LogP contribution in [0.1, 0.15) is 5.56 Å². The lowest BCUT2D eigenvalue weighted by Gasteiger charge is -2.05. The predicted octanol–water partition coefficient (Wildman–Crippen LogP) is 3.48. The first-order valence-corrected chi connectivity index (χ1v) is 6.36. The van der Waals surface area contributed by atoms with Crippen molar-refractivity contribution in [2.24, 2.45) is 7.05 Å². The lowest BCUT2D eigenvalue weighted by molar-refractivity contribution is 0.307. The Bertz CT molecular complexity index is 747. The van der Waals surface area contributed by atoms with Gasteiger partial charge in [-0.2, -0.15) is 0 Å². The molecular weight excluding hydrogens is 255 g/mol. The number of anilines is 1. The Morgan fingerprint density at radius 1 is 1.15 bits per heavy atom. The van der Waals surface area contributed by atoms with Crippen LogP contribution < -0.4 is 10.5 Å². The number of fused-ring (bicyclic) bond motifs is 1. The fourth-order valence-electron chi connectivity index (χ4n) is 2.39. The van der Waals surface area contributed by atoms with E-state index < -0.39 is 0 Å². The van der Waals surface area contributed by atoms with Crippen LogP contribution in [-0.2, 0) is 13.7 Å². The van der Waals surface area contributed by atoms with Crippen molar-refractivity contribution in [2.45, 2.75) is 6.61 Å². The molecular formula is C16H15FN2O. The minimum absolute atomic E-state index is 0.268. The minimum Gasteiger partial charge on any atom is -0.489 e. The highest BCUT2D eigenvalue weighted by molar-refractivity contribution is 5.93. The normalized spacial score (nSPS) is 10.9. The number of benzene rings is 2. The van der Waals surface area contributed by atoms with Gasteiger partial charge < -0.3 is 15.0 Å². The first-order valence-electron chi connectivity index (χ1n) is 6.36. The number of nitrogen functional groups attached to an aromatic ring is 1. The van der Waals surface area contributed by atoms with E-state index in [-0.39, 0.29) is 5.82 Å². The van der Waals surface area contributed by atoms with Crippen LogP contribution >= 0.6 is 0 Å². The molecule has 0 saturated heterocycles. The van der Waals surface area contributed by atoms with Gasteiger partial charge in [0, 0.05) is 24.2 Å². The summed E-state index contributed by atoms with van der Waals surface area (Å²) in [5, 5.41) is 1.08. The van der Waals surface area contributed by atoms with Gasteiger partial charge in [0.15, 0.2) is 0 Å². The van der Waals surface area contributed by atoms with Crippen molar-refractivity contribution in [3.63, 3.8) is 0 Å². The summed E-state index contributed by atoms with van der Waals surface area (Å²) in [7, 11) is 1.96. The van der Waals surface area contributed by atoms with Crippen LogP contribution in [0, 0.1) is 5.82 Å². The first-order chi connectivity index (χ1) is 9.65. The van der Waals surface area contributed by atoms with Crippen molar-refractivity contribution >= 4 is 16.6 Å². The zero-order valence-electron chi connectivity index (χ0n) is 11.1. The Morgan fingerprint density at radius 2 is 1.90 bits per heavy atom. The van der Waals surface area contributed by atoms with E-state index in [0.717, 1.165) is 22.2 Å². The predicted molar refractivity (Wildman–Crippen MR) is 78.1 cm³/mol. The van der Waals surface area contributed by atoms with E-state index in [1.807, 2.05) is 36.0 Å². The highest BCUT2D eigenvalue weighted by atomic mass is 19.1. The van der Waals surface area contributed by atoms with Crippen LogP contribution in [0.25, 0.3) is 10.9 Å². The zero-order chi connectivity index (χ0) is 14.1. The van der Waals surface area contributed by atoms with E-state index in [1.54, 1.807) is 12.1 Å². The number of ether oxygens (including phenoxy) is 1. The molecule has 4 heteroatoms. The Hall–Kier alpha value is -2.49. The van der Waals surface area contributed by atoms with Gasteiger partial charge in [-0.3, -0.25) is 0 Å². The van der Waals surface area contributed by atoms with Crippen molar-refractivity contribution in [3.8, 4) is 5.75 Å². The first kappa shape index (κ1) is 12.5. The molecule has 0 atom stereocenters. The van der Waals surface area contributed by atoms with Crippen LogP contribution in [0.2, 0.25) is 0 Å². The molecule has 20 heavy (non-hydrogen) atoms. The second kappa shape index (κ2) is 4.89. The topological polar surface area (TPSA) is 40.2 Å². The highest BCUT2D eigenvalue weighted by Gasteiger charge is 2.09. The quantitative estimate of drug-likeness (QED) is 0.740. The maximum Gasteiger partial charge on any atom is 0.123 e. The fourth-order valence-corrected chi connectivity index (χ4v) is 2.39. The summed E-state index contributed by atoms with van der Waals surface area (Å²) in [4.78, 5) is 0. The largest absolute Gasteiger partial charge is 0.489 e. The van der Waals surface area contributed by atoms with Gasteiger partial charge in [0.2, 0.25) is 0 Å². The van der Waals surface area contributed by atoms with Gasteiger partial charge in [-0.1, -0.05) is 12.1 Å². The summed E-state index contributed by atoms with van der Waals surface area (Å²) >= 11 is 0. The van der Waals surface area contributed by atoms with Crippen LogP contribution in [0.15, 0.2) is 48.7 Å². The Kier molecular flexibility index (Phi) is 3.06. The Morgan fingerprint density at radius 3 is 2.65 bits per heavy atom. The number of para-hydroxylation sites is 1. The molecule has 0 saturated carbocycles. The Labute approximate surface area is 116 Å². The highest BCUT2D eigenvalue weighted by Crippen LogP contribution is 2.26. The van der Waals surface area contributed by atoms with E-state index in [0.29, 0.717) is 12.4 Å². The molecule has 1 aromatic heterocycles. The van der Waals surface area contributed by atoms with E-state index in [4.69, 9.17) is 10.5 Å². The fraction of sp³-hybridized carbons (Fsp3) is 0.125. The maximum atomic E-state index is 12.8. The lowest BCUT2D eigenvalue weighted by atomic mass is 10.1. The molecule has 2 aromatic carbocycles. The molecule has 0 aliphatic heterocycles. The van der Waals surface area contributed by atoms with E-state index in [2.05, 4.69) is 0 Å². The monoisotopic (exact) mass is 270 g/mol. The smallest absolute Gasteiger partial charge is 0.123 e. The van der Waals surface area contributed by atoms with Crippen LogP contribution in [0.3, 0.4) is 0 Å². The summed E-state index contributed by atoms with van der Waals surface area (Å²) < 4.78 is 20.5. The van der Waals surface area contributed by atoms with Crippen molar-refractivity contribution in [2.75, 3.05) is 5.73 Å². The lowest BCUT2D eigenvalue weighted by Crippen LogP contribution is -1.94. The number of halogens is 1. The summed E-state index contributed by atoms with van der Waals surface area (Å²) in [6.45, 7) is 0.423. The van der Waals surface area contributed by atoms with Gasteiger partial charge in [-0.25, -0.2) is 4.39 Å². The van der Waals surface area contributed by atoms with E-state index >= 15 is 0 Å².